The van der Waals surface area contributed by atoms with Gasteiger partial charge in [0.05, 0.1) is 5.75 Å². The van der Waals surface area contributed by atoms with E-state index >= 15 is 0 Å². The topological polar surface area (TPSA) is 69.6 Å². The number of carbonyl (C=O) groups excluding carboxylic acids is 2. The van der Waals surface area contributed by atoms with E-state index in [0.717, 1.165) is 25.2 Å². The number of anilines is 1. The van der Waals surface area contributed by atoms with Crippen LogP contribution in [-0.2, 0) is 9.59 Å². The number of hydrogen-bond acceptors (Lipinski definition) is 6. The number of piperazine rings is 1. The molecule has 2 bridgehead atoms. The van der Waals surface area contributed by atoms with Gasteiger partial charge in [0.25, 0.3) is 0 Å². The average molecular weight is 508 g/mol. The second-order valence-corrected chi connectivity index (χ2v) is 13.7. The second kappa shape index (κ2) is 9.16. The minimum absolute atomic E-state index is 0.163. The van der Waals surface area contributed by atoms with Crippen molar-refractivity contribution < 1.29 is 9.59 Å². The fraction of sp³-hybridized carbons (Fsp3) is 0.760. The first-order valence-electron chi connectivity index (χ1n) is 12.3. The SMILES string of the molecule is CC1(C)CC2CC(C)(CN2C(=O)CSc2nc(Cl)cc(N3CCN(C(=O)C(C)(C)C)CC3)n2)C1. The van der Waals surface area contributed by atoms with Crippen LogP contribution in [-0.4, -0.2) is 76.1 Å². The van der Waals surface area contributed by atoms with Crippen LogP contribution in [0.25, 0.3) is 0 Å². The molecule has 3 heterocycles. The normalized spacial score (nSPS) is 26.7. The highest BCUT2D eigenvalue weighted by molar-refractivity contribution is 7.99. The lowest BCUT2D eigenvalue weighted by atomic mass is 9.65. The summed E-state index contributed by atoms with van der Waals surface area (Å²) in [4.78, 5) is 40.9. The Labute approximate surface area is 213 Å². The highest BCUT2D eigenvalue weighted by Gasteiger charge is 2.50. The van der Waals surface area contributed by atoms with Gasteiger partial charge in [0, 0.05) is 50.2 Å². The van der Waals surface area contributed by atoms with Gasteiger partial charge in [0.1, 0.15) is 11.0 Å². The number of halogens is 1. The minimum Gasteiger partial charge on any atom is -0.353 e. The summed E-state index contributed by atoms with van der Waals surface area (Å²) in [7, 11) is 0. The van der Waals surface area contributed by atoms with E-state index in [0.29, 0.717) is 48.3 Å². The average Bonchev–Trinajstić information content (AvgIpc) is 2.99. The highest BCUT2D eigenvalue weighted by Crippen LogP contribution is 2.52. The predicted molar refractivity (Wildman–Crippen MR) is 137 cm³/mol. The zero-order valence-corrected chi connectivity index (χ0v) is 22.9. The van der Waals surface area contributed by atoms with E-state index in [1.54, 1.807) is 6.07 Å². The Morgan fingerprint density at radius 3 is 2.44 bits per heavy atom. The number of fused-ring (bicyclic) bond motifs is 2. The van der Waals surface area contributed by atoms with Gasteiger partial charge < -0.3 is 14.7 Å². The number of hydrogen-bond donors (Lipinski definition) is 0. The number of aromatic nitrogens is 2. The van der Waals surface area contributed by atoms with E-state index in [-0.39, 0.29) is 28.1 Å². The van der Waals surface area contributed by atoms with Crippen molar-refractivity contribution in [3.63, 3.8) is 0 Å². The molecule has 7 nitrogen and oxygen atoms in total. The Morgan fingerprint density at radius 2 is 1.79 bits per heavy atom. The van der Waals surface area contributed by atoms with Crippen LogP contribution in [0.2, 0.25) is 5.15 Å². The summed E-state index contributed by atoms with van der Waals surface area (Å²) >= 11 is 7.68. The molecule has 1 aromatic heterocycles. The number of carbonyl (C=O) groups is 2. The number of amides is 2. The van der Waals surface area contributed by atoms with Crippen molar-refractivity contribution in [1.29, 1.82) is 0 Å². The van der Waals surface area contributed by atoms with Gasteiger partial charge in [-0.25, -0.2) is 9.97 Å². The molecule has 2 aliphatic heterocycles. The highest BCUT2D eigenvalue weighted by atomic mass is 35.5. The Hall–Kier alpha value is -1.54. The van der Waals surface area contributed by atoms with Gasteiger partial charge in [-0.1, -0.05) is 64.9 Å². The van der Waals surface area contributed by atoms with E-state index in [1.807, 2.05) is 25.7 Å². The summed E-state index contributed by atoms with van der Waals surface area (Å²) in [5.74, 6) is 1.41. The summed E-state index contributed by atoms with van der Waals surface area (Å²) < 4.78 is 0. The van der Waals surface area contributed by atoms with Gasteiger partial charge in [-0.15, -0.1) is 0 Å². The van der Waals surface area contributed by atoms with E-state index in [2.05, 4.69) is 35.6 Å². The van der Waals surface area contributed by atoms with Gasteiger partial charge in [0.2, 0.25) is 11.8 Å². The molecular formula is C25H38ClN5O2S. The van der Waals surface area contributed by atoms with Crippen LogP contribution >= 0.6 is 23.4 Å². The molecule has 2 amide bonds. The first-order valence-corrected chi connectivity index (χ1v) is 13.6. The van der Waals surface area contributed by atoms with Gasteiger partial charge in [-0.2, -0.15) is 0 Å². The first kappa shape index (κ1) is 25.5. The fourth-order valence-electron chi connectivity index (χ4n) is 6.19. The zero-order chi connectivity index (χ0) is 24.9. The summed E-state index contributed by atoms with van der Waals surface area (Å²) in [5.41, 5.74) is 0.132. The lowest BCUT2D eigenvalue weighted by molar-refractivity contribution is -0.139. The standard InChI is InChI=1S/C25H38ClN5O2S/c1-23(2,3)21(33)30-9-7-29(8-10-30)19-11-18(26)27-22(28-19)34-14-20(32)31-16-25(6)13-17(31)12-24(4,5)15-25/h11,17H,7-10,12-16H2,1-6H3. The van der Waals surface area contributed by atoms with Crippen molar-refractivity contribution in [1.82, 2.24) is 19.8 Å². The lowest BCUT2D eigenvalue weighted by Crippen LogP contribution is -2.51. The molecule has 3 aliphatic rings. The van der Waals surface area contributed by atoms with Gasteiger partial charge in [-0.05, 0) is 30.1 Å². The molecule has 3 fully saturated rings. The van der Waals surface area contributed by atoms with E-state index in [1.165, 1.54) is 18.2 Å². The van der Waals surface area contributed by atoms with Crippen molar-refractivity contribution >= 4 is 41.0 Å². The van der Waals surface area contributed by atoms with Crippen molar-refractivity contribution in [2.75, 3.05) is 43.4 Å². The Morgan fingerprint density at radius 1 is 1.12 bits per heavy atom. The third-order valence-electron chi connectivity index (χ3n) is 7.25. The van der Waals surface area contributed by atoms with Crippen LogP contribution in [0.1, 0.15) is 60.8 Å². The summed E-state index contributed by atoms with van der Waals surface area (Å²) in [6.07, 6.45) is 3.34. The smallest absolute Gasteiger partial charge is 0.233 e. The summed E-state index contributed by atoms with van der Waals surface area (Å²) in [6, 6.07) is 2.10. The molecule has 1 aliphatic carbocycles. The largest absolute Gasteiger partial charge is 0.353 e. The molecule has 2 atom stereocenters. The number of nitrogens with zero attached hydrogens (tertiary/aromatic N) is 5. The van der Waals surface area contributed by atoms with Crippen molar-refractivity contribution in [3.8, 4) is 0 Å². The van der Waals surface area contributed by atoms with Crippen LogP contribution in [0.3, 0.4) is 0 Å². The maximum atomic E-state index is 13.1. The fourth-order valence-corrected chi connectivity index (χ4v) is 7.15. The molecule has 0 radical (unpaired) electrons. The Kier molecular flexibility index (Phi) is 6.88. The molecule has 9 heteroatoms. The third kappa shape index (κ3) is 5.64. The lowest BCUT2D eigenvalue weighted by Gasteiger charge is -2.39. The molecule has 1 aromatic rings. The van der Waals surface area contributed by atoms with Crippen molar-refractivity contribution in [2.24, 2.45) is 16.2 Å². The number of rotatable bonds is 4. The van der Waals surface area contributed by atoms with Crippen LogP contribution in [0.15, 0.2) is 11.2 Å². The van der Waals surface area contributed by atoms with Crippen LogP contribution in [0.5, 0.6) is 0 Å². The quantitative estimate of drug-likeness (QED) is 0.343. The molecule has 4 rings (SSSR count). The minimum atomic E-state index is -0.377. The number of likely N-dealkylation sites (tertiary alicyclic amines) is 1. The summed E-state index contributed by atoms with van der Waals surface area (Å²) in [5, 5.41) is 0.900. The van der Waals surface area contributed by atoms with E-state index in [9.17, 15) is 9.59 Å². The van der Waals surface area contributed by atoms with Gasteiger partial charge >= 0.3 is 0 Å². The molecule has 0 N–H and O–H groups in total. The predicted octanol–water partition coefficient (Wildman–Crippen LogP) is 4.34. The maximum absolute atomic E-state index is 13.1. The van der Waals surface area contributed by atoms with E-state index < -0.39 is 0 Å². The van der Waals surface area contributed by atoms with Crippen molar-refractivity contribution in [3.05, 3.63) is 11.2 Å². The molecule has 188 valence electrons. The summed E-state index contributed by atoms with van der Waals surface area (Å²) in [6.45, 7) is 16.4. The van der Waals surface area contributed by atoms with Gasteiger partial charge in [-0.3, -0.25) is 9.59 Å². The molecular weight excluding hydrogens is 470 g/mol. The van der Waals surface area contributed by atoms with Crippen molar-refractivity contribution in [2.45, 2.75) is 72.0 Å². The second-order valence-electron chi connectivity index (χ2n) is 12.4. The molecule has 1 saturated carbocycles. The zero-order valence-electron chi connectivity index (χ0n) is 21.4. The molecule has 2 unspecified atom stereocenters. The Balaban J connectivity index is 1.36. The van der Waals surface area contributed by atoms with Crippen LogP contribution in [0, 0.1) is 16.2 Å². The monoisotopic (exact) mass is 507 g/mol. The molecule has 0 aromatic carbocycles. The van der Waals surface area contributed by atoms with Crippen LogP contribution in [0.4, 0.5) is 5.82 Å². The molecule has 0 spiro atoms. The number of thioether (sulfide) groups is 1. The third-order valence-corrected chi connectivity index (χ3v) is 8.28. The Bertz CT molecular complexity index is 957. The van der Waals surface area contributed by atoms with Gasteiger partial charge in [0.15, 0.2) is 5.16 Å². The maximum Gasteiger partial charge on any atom is 0.233 e. The molecule has 2 saturated heterocycles. The van der Waals surface area contributed by atoms with Crippen LogP contribution < -0.4 is 4.90 Å². The first-order chi connectivity index (χ1) is 15.7. The molecule has 34 heavy (non-hydrogen) atoms. The van der Waals surface area contributed by atoms with E-state index in [4.69, 9.17) is 16.6 Å².